The number of benzene rings is 2. The highest BCUT2D eigenvalue weighted by molar-refractivity contribution is 7.90. The van der Waals surface area contributed by atoms with E-state index in [1.54, 1.807) is 6.07 Å². The molecule has 0 aliphatic carbocycles. The zero-order valence-corrected chi connectivity index (χ0v) is 12.2. The maximum Gasteiger partial charge on any atom is 0.227 e. The summed E-state index contributed by atoms with van der Waals surface area (Å²) >= 11 is 0. The van der Waals surface area contributed by atoms with Crippen molar-refractivity contribution < 1.29 is 12.8 Å². The lowest BCUT2D eigenvalue weighted by molar-refractivity contribution is 0.602. The van der Waals surface area contributed by atoms with Crippen molar-refractivity contribution >= 4 is 20.9 Å². The minimum atomic E-state index is -3.26. The van der Waals surface area contributed by atoms with Gasteiger partial charge in [-0.2, -0.15) is 0 Å². The van der Waals surface area contributed by atoms with Crippen LogP contribution in [0.4, 0.5) is 0 Å². The molecule has 0 unspecified atom stereocenters. The van der Waals surface area contributed by atoms with Gasteiger partial charge in [0.2, 0.25) is 5.89 Å². The number of rotatable bonds is 3. The molecule has 1 aromatic heterocycles. The molecule has 3 aromatic rings. The van der Waals surface area contributed by atoms with Crippen molar-refractivity contribution in [3.8, 4) is 11.5 Å². The lowest BCUT2D eigenvalue weighted by Gasteiger charge is -1.98. The van der Waals surface area contributed by atoms with Crippen LogP contribution >= 0.6 is 0 Å². The molecule has 0 saturated carbocycles. The average molecular weight is 302 g/mol. The monoisotopic (exact) mass is 302 g/mol. The van der Waals surface area contributed by atoms with E-state index < -0.39 is 9.84 Å². The number of sulfone groups is 1. The van der Waals surface area contributed by atoms with Crippen LogP contribution in [0.15, 0.2) is 51.8 Å². The van der Waals surface area contributed by atoms with Gasteiger partial charge in [0.05, 0.1) is 4.90 Å². The quantitative estimate of drug-likeness (QED) is 0.802. The van der Waals surface area contributed by atoms with E-state index in [4.69, 9.17) is 10.2 Å². The molecule has 0 amide bonds. The number of hydrogen-bond donors (Lipinski definition) is 1. The van der Waals surface area contributed by atoms with Crippen LogP contribution < -0.4 is 5.73 Å². The van der Waals surface area contributed by atoms with Gasteiger partial charge < -0.3 is 10.2 Å². The van der Waals surface area contributed by atoms with E-state index in [-0.39, 0.29) is 4.90 Å². The fourth-order valence-corrected chi connectivity index (χ4v) is 2.73. The molecular formula is C15H14N2O3S. The van der Waals surface area contributed by atoms with E-state index in [0.29, 0.717) is 23.5 Å². The van der Waals surface area contributed by atoms with Gasteiger partial charge >= 0.3 is 0 Å². The summed E-state index contributed by atoms with van der Waals surface area (Å²) in [4.78, 5) is 4.59. The van der Waals surface area contributed by atoms with Gasteiger partial charge in [0.15, 0.2) is 15.4 Å². The highest BCUT2D eigenvalue weighted by Crippen LogP contribution is 2.26. The Morgan fingerprint density at radius 2 is 2.00 bits per heavy atom. The molecule has 108 valence electrons. The van der Waals surface area contributed by atoms with Crippen LogP contribution in [0.25, 0.3) is 22.6 Å². The van der Waals surface area contributed by atoms with Crippen molar-refractivity contribution in [2.24, 2.45) is 5.73 Å². The van der Waals surface area contributed by atoms with E-state index in [1.807, 2.05) is 24.3 Å². The van der Waals surface area contributed by atoms with E-state index >= 15 is 0 Å². The van der Waals surface area contributed by atoms with Gasteiger partial charge in [-0.15, -0.1) is 0 Å². The fourth-order valence-electron chi connectivity index (χ4n) is 2.09. The summed E-state index contributed by atoms with van der Waals surface area (Å²) < 4.78 is 28.8. The van der Waals surface area contributed by atoms with Crippen LogP contribution in [0.5, 0.6) is 0 Å². The fraction of sp³-hybridized carbons (Fsp3) is 0.133. The number of aromatic nitrogens is 1. The van der Waals surface area contributed by atoms with Gasteiger partial charge in [-0.1, -0.05) is 12.1 Å². The van der Waals surface area contributed by atoms with Crippen molar-refractivity contribution in [2.45, 2.75) is 11.4 Å². The molecule has 0 atom stereocenters. The molecule has 0 spiro atoms. The molecule has 2 N–H and O–H groups in total. The van der Waals surface area contributed by atoms with Gasteiger partial charge in [0.25, 0.3) is 0 Å². The normalized spacial score (nSPS) is 11.9. The zero-order valence-electron chi connectivity index (χ0n) is 11.4. The second-order valence-corrected chi connectivity index (χ2v) is 6.84. The van der Waals surface area contributed by atoms with Crippen LogP contribution in [-0.2, 0) is 16.4 Å². The SMILES string of the molecule is CS(=O)(=O)c1ccc2oc(-c3cccc(CN)c3)nc2c1. The van der Waals surface area contributed by atoms with Crippen molar-refractivity contribution in [1.29, 1.82) is 0 Å². The molecule has 3 rings (SSSR count). The lowest BCUT2D eigenvalue weighted by atomic mass is 10.1. The van der Waals surface area contributed by atoms with Gasteiger partial charge in [-0.05, 0) is 35.9 Å². The summed E-state index contributed by atoms with van der Waals surface area (Å²) in [6.07, 6.45) is 1.17. The summed E-state index contributed by atoms with van der Waals surface area (Å²) in [7, 11) is -3.26. The summed E-state index contributed by atoms with van der Waals surface area (Å²) in [6.45, 7) is 0.437. The van der Waals surface area contributed by atoms with Gasteiger partial charge in [0.1, 0.15) is 5.52 Å². The smallest absolute Gasteiger partial charge is 0.227 e. The van der Waals surface area contributed by atoms with E-state index in [1.165, 1.54) is 18.4 Å². The average Bonchev–Trinajstić information content (AvgIpc) is 2.89. The Hall–Kier alpha value is -2.18. The van der Waals surface area contributed by atoms with Crippen LogP contribution in [0.3, 0.4) is 0 Å². The Labute approximate surface area is 122 Å². The summed E-state index contributed by atoms with van der Waals surface area (Å²) in [5.74, 6) is 0.450. The number of nitrogens with two attached hydrogens (primary N) is 1. The zero-order chi connectivity index (χ0) is 15.0. The van der Waals surface area contributed by atoms with Crippen molar-refractivity contribution in [1.82, 2.24) is 4.98 Å². The highest BCUT2D eigenvalue weighted by Gasteiger charge is 2.13. The Bertz CT molecular complexity index is 914. The number of fused-ring (bicyclic) bond motifs is 1. The maximum absolute atomic E-state index is 11.6. The van der Waals surface area contributed by atoms with Crippen LogP contribution in [0.1, 0.15) is 5.56 Å². The van der Waals surface area contributed by atoms with Crippen molar-refractivity contribution in [3.63, 3.8) is 0 Å². The predicted octanol–water partition coefficient (Wildman–Crippen LogP) is 2.36. The molecule has 1 heterocycles. The van der Waals surface area contributed by atoms with E-state index in [2.05, 4.69) is 4.98 Å². The molecule has 0 fully saturated rings. The molecule has 0 saturated heterocycles. The first-order chi connectivity index (χ1) is 9.97. The molecule has 0 aliphatic rings. The summed E-state index contributed by atoms with van der Waals surface area (Å²) in [6, 6.07) is 12.2. The minimum Gasteiger partial charge on any atom is -0.436 e. The molecule has 5 nitrogen and oxygen atoms in total. The number of hydrogen-bond acceptors (Lipinski definition) is 5. The third-order valence-electron chi connectivity index (χ3n) is 3.20. The molecular weight excluding hydrogens is 288 g/mol. The molecule has 0 radical (unpaired) electrons. The van der Waals surface area contributed by atoms with Crippen molar-refractivity contribution in [3.05, 3.63) is 48.0 Å². The Morgan fingerprint density at radius 3 is 2.71 bits per heavy atom. The third-order valence-corrected chi connectivity index (χ3v) is 4.31. The lowest BCUT2D eigenvalue weighted by Crippen LogP contribution is -1.96. The maximum atomic E-state index is 11.6. The van der Waals surface area contributed by atoms with Crippen LogP contribution in [0, 0.1) is 0 Å². The van der Waals surface area contributed by atoms with Crippen LogP contribution in [-0.4, -0.2) is 19.7 Å². The standard InChI is InChI=1S/C15H14N2O3S/c1-21(18,19)12-5-6-14-13(8-12)17-15(20-14)11-4-2-3-10(7-11)9-16/h2-8H,9,16H2,1H3. The largest absolute Gasteiger partial charge is 0.436 e. The molecule has 0 aliphatic heterocycles. The van der Waals surface area contributed by atoms with E-state index in [0.717, 1.165) is 11.1 Å². The van der Waals surface area contributed by atoms with Gasteiger partial charge in [-0.25, -0.2) is 13.4 Å². The summed E-state index contributed by atoms with van der Waals surface area (Å²) in [5.41, 5.74) is 8.49. The second kappa shape index (κ2) is 4.98. The molecule has 2 aromatic carbocycles. The first kappa shape index (κ1) is 13.8. The highest BCUT2D eigenvalue weighted by atomic mass is 32.2. The summed E-state index contributed by atoms with van der Waals surface area (Å²) in [5, 5.41) is 0. The molecule has 6 heteroatoms. The first-order valence-electron chi connectivity index (χ1n) is 6.37. The number of oxazole rings is 1. The number of nitrogens with zero attached hydrogens (tertiary/aromatic N) is 1. The second-order valence-electron chi connectivity index (χ2n) is 4.83. The van der Waals surface area contributed by atoms with Gasteiger partial charge in [0, 0.05) is 18.4 Å². The third kappa shape index (κ3) is 2.68. The van der Waals surface area contributed by atoms with Gasteiger partial charge in [-0.3, -0.25) is 0 Å². The Morgan fingerprint density at radius 1 is 1.19 bits per heavy atom. The van der Waals surface area contributed by atoms with Crippen LogP contribution in [0.2, 0.25) is 0 Å². The van der Waals surface area contributed by atoms with Crippen molar-refractivity contribution in [2.75, 3.05) is 6.26 Å². The minimum absolute atomic E-state index is 0.227. The molecule has 0 bridgehead atoms. The van der Waals surface area contributed by atoms with E-state index in [9.17, 15) is 8.42 Å². The Kier molecular flexibility index (Phi) is 3.27. The first-order valence-corrected chi connectivity index (χ1v) is 8.26. The topological polar surface area (TPSA) is 86.2 Å². The Balaban J connectivity index is 2.12. The molecule has 21 heavy (non-hydrogen) atoms. The predicted molar refractivity (Wildman–Crippen MR) is 80.4 cm³/mol.